The lowest BCUT2D eigenvalue weighted by Gasteiger charge is -2.32. The molecule has 3 atom stereocenters. The van der Waals surface area contributed by atoms with Crippen molar-refractivity contribution in [1.82, 2.24) is 5.32 Å². The maximum Gasteiger partial charge on any atom is 0.0687 e. The lowest BCUT2D eigenvalue weighted by atomic mass is 9.82. The molecule has 1 saturated heterocycles. The van der Waals surface area contributed by atoms with Crippen molar-refractivity contribution in [1.29, 1.82) is 0 Å². The molecule has 0 bridgehead atoms. The molecule has 3 aliphatic rings. The van der Waals surface area contributed by atoms with E-state index in [0.717, 1.165) is 18.5 Å². The van der Waals surface area contributed by atoms with Gasteiger partial charge in [-0.2, -0.15) is 0 Å². The molecule has 0 amide bonds. The van der Waals surface area contributed by atoms with E-state index < -0.39 is 0 Å². The van der Waals surface area contributed by atoms with E-state index in [1.165, 1.54) is 70.6 Å². The summed E-state index contributed by atoms with van der Waals surface area (Å²) in [5, 5.41) is 3.65. The Labute approximate surface area is 118 Å². The maximum absolute atomic E-state index is 6.49. The van der Waals surface area contributed by atoms with Crippen molar-refractivity contribution in [3.8, 4) is 0 Å². The SMILES string of the molecule is CCNC1CCCC(CC2CCC3(CCCC3)O2)C1. The summed E-state index contributed by atoms with van der Waals surface area (Å²) in [4.78, 5) is 0. The highest BCUT2D eigenvalue weighted by molar-refractivity contribution is 4.93. The molecule has 19 heavy (non-hydrogen) atoms. The molecule has 3 unspecified atom stereocenters. The molecule has 2 aliphatic carbocycles. The minimum atomic E-state index is 0.334. The van der Waals surface area contributed by atoms with E-state index in [4.69, 9.17) is 4.74 Å². The average Bonchev–Trinajstić information content (AvgIpc) is 3.02. The van der Waals surface area contributed by atoms with E-state index in [1.807, 2.05) is 0 Å². The Balaban J connectivity index is 1.46. The first-order valence-corrected chi connectivity index (χ1v) is 8.71. The Morgan fingerprint density at radius 2 is 1.89 bits per heavy atom. The van der Waals surface area contributed by atoms with Gasteiger partial charge in [0.1, 0.15) is 0 Å². The fourth-order valence-electron chi connectivity index (χ4n) is 4.80. The number of nitrogens with one attached hydrogen (secondary N) is 1. The summed E-state index contributed by atoms with van der Waals surface area (Å²) in [5.41, 5.74) is 0.334. The van der Waals surface area contributed by atoms with Gasteiger partial charge in [0.05, 0.1) is 11.7 Å². The Kier molecular flexibility index (Phi) is 4.48. The summed E-state index contributed by atoms with van der Waals surface area (Å²) in [6, 6.07) is 0.783. The van der Waals surface area contributed by atoms with Gasteiger partial charge in [-0.1, -0.05) is 32.6 Å². The zero-order valence-corrected chi connectivity index (χ0v) is 12.6. The van der Waals surface area contributed by atoms with E-state index in [-0.39, 0.29) is 0 Å². The third-order valence-corrected chi connectivity index (χ3v) is 5.73. The molecule has 2 saturated carbocycles. The summed E-state index contributed by atoms with van der Waals surface area (Å²) in [5.74, 6) is 0.916. The molecule has 0 aromatic heterocycles. The highest BCUT2D eigenvalue weighted by Crippen LogP contribution is 2.45. The van der Waals surface area contributed by atoms with Gasteiger partial charge in [0, 0.05) is 6.04 Å². The Bertz CT molecular complexity index is 283. The van der Waals surface area contributed by atoms with Gasteiger partial charge in [-0.25, -0.2) is 0 Å². The zero-order chi connectivity index (χ0) is 13.1. The van der Waals surface area contributed by atoms with Crippen molar-refractivity contribution in [2.24, 2.45) is 5.92 Å². The molecule has 2 heteroatoms. The molecule has 110 valence electrons. The van der Waals surface area contributed by atoms with Crippen LogP contribution in [-0.4, -0.2) is 24.3 Å². The quantitative estimate of drug-likeness (QED) is 0.828. The predicted molar refractivity (Wildman–Crippen MR) is 79.3 cm³/mol. The van der Waals surface area contributed by atoms with Crippen LogP contribution >= 0.6 is 0 Å². The number of ether oxygens (including phenoxy) is 1. The molecule has 1 spiro atoms. The van der Waals surface area contributed by atoms with Crippen molar-refractivity contribution in [3.63, 3.8) is 0 Å². The second-order valence-electron chi connectivity index (χ2n) is 7.19. The van der Waals surface area contributed by atoms with Gasteiger partial charge >= 0.3 is 0 Å². The third-order valence-electron chi connectivity index (χ3n) is 5.73. The van der Waals surface area contributed by atoms with Crippen LogP contribution in [0.4, 0.5) is 0 Å². The third kappa shape index (κ3) is 3.33. The molecule has 3 fully saturated rings. The Hall–Kier alpha value is -0.0800. The van der Waals surface area contributed by atoms with Crippen LogP contribution in [-0.2, 0) is 4.74 Å². The minimum absolute atomic E-state index is 0.334. The topological polar surface area (TPSA) is 21.3 Å². The highest BCUT2D eigenvalue weighted by Gasteiger charge is 2.42. The van der Waals surface area contributed by atoms with Crippen molar-refractivity contribution in [3.05, 3.63) is 0 Å². The largest absolute Gasteiger partial charge is 0.372 e. The average molecular weight is 265 g/mol. The standard InChI is InChI=1S/C17H31NO/c1-2-18-15-7-5-6-14(12-15)13-16-8-11-17(19-16)9-3-4-10-17/h14-16,18H,2-13H2,1H3. The highest BCUT2D eigenvalue weighted by atomic mass is 16.5. The Morgan fingerprint density at radius 1 is 1.05 bits per heavy atom. The summed E-state index contributed by atoms with van der Waals surface area (Å²) in [7, 11) is 0. The second kappa shape index (κ2) is 6.13. The fraction of sp³-hybridized carbons (Fsp3) is 1.00. The molecule has 2 nitrogen and oxygen atoms in total. The first-order valence-electron chi connectivity index (χ1n) is 8.71. The predicted octanol–water partition coefficient (Wildman–Crippen LogP) is 4.04. The van der Waals surface area contributed by atoms with Gasteiger partial charge in [-0.15, -0.1) is 0 Å². The van der Waals surface area contributed by atoms with Crippen LogP contribution in [0.2, 0.25) is 0 Å². The van der Waals surface area contributed by atoms with E-state index in [9.17, 15) is 0 Å². The molecular formula is C17H31NO. The molecule has 0 aromatic carbocycles. The van der Waals surface area contributed by atoms with E-state index in [0.29, 0.717) is 11.7 Å². The van der Waals surface area contributed by atoms with Crippen LogP contribution in [0.3, 0.4) is 0 Å². The monoisotopic (exact) mass is 265 g/mol. The van der Waals surface area contributed by atoms with Crippen LogP contribution in [0.1, 0.15) is 77.6 Å². The van der Waals surface area contributed by atoms with Gasteiger partial charge in [0.25, 0.3) is 0 Å². The van der Waals surface area contributed by atoms with Crippen LogP contribution in [0.15, 0.2) is 0 Å². The van der Waals surface area contributed by atoms with Gasteiger partial charge in [0.15, 0.2) is 0 Å². The van der Waals surface area contributed by atoms with Crippen LogP contribution < -0.4 is 5.32 Å². The van der Waals surface area contributed by atoms with Crippen LogP contribution in [0.25, 0.3) is 0 Å². The van der Waals surface area contributed by atoms with Crippen LogP contribution in [0, 0.1) is 5.92 Å². The zero-order valence-electron chi connectivity index (χ0n) is 12.6. The lowest BCUT2D eigenvalue weighted by Crippen LogP contribution is -2.35. The molecule has 3 rings (SSSR count). The van der Waals surface area contributed by atoms with Gasteiger partial charge in [-0.05, 0) is 57.4 Å². The first-order chi connectivity index (χ1) is 9.30. The molecule has 1 N–H and O–H groups in total. The normalized spacial score (nSPS) is 38.1. The smallest absolute Gasteiger partial charge is 0.0687 e. The fourth-order valence-corrected chi connectivity index (χ4v) is 4.80. The van der Waals surface area contributed by atoms with E-state index in [2.05, 4.69) is 12.2 Å². The number of hydrogen-bond donors (Lipinski definition) is 1. The van der Waals surface area contributed by atoms with Crippen molar-refractivity contribution in [2.45, 2.75) is 95.3 Å². The summed E-state index contributed by atoms with van der Waals surface area (Å²) in [6.45, 7) is 3.36. The van der Waals surface area contributed by atoms with Gasteiger partial charge in [0.2, 0.25) is 0 Å². The summed E-state index contributed by atoms with van der Waals surface area (Å²) >= 11 is 0. The molecule has 0 radical (unpaired) electrons. The second-order valence-corrected chi connectivity index (χ2v) is 7.19. The van der Waals surface area contributed by atoms with Crippen molar-refractivity contribution in [2.75, 3.05) is 6.54 Å². The lowest BCUT2D eigenvalue weighted by molar-refractivity contribution is -0.0462. The first kappa shape index (κ1) is 13.9. The van der Waals surface area contributed by atoms with E-state index >= 15 is 0 Å². The number of rotatable bonds is 4. The Morgan fingerprint density at radius 3 is 2.68 bits per heavy atom. The van der Waals surface area contributed by atoms with Crippen LogP contribution in [0.5, 0.6) is 0 Å². The maximum atomic E-state index is 6.49. The number of hydrogen-bond acceptors (Lipinski definition) is 2. The molecule has 0 aromatic rings. The summed E-state index contributed by atoms with van der Waals surface area (Å²) < 4.78 is 6.49. The molecule has 1 heterocycles. The van der Waals surface area contributed by atoms with Crippen molar-refractivity contribution < 1.29 is 4.74 Å². The summed E-state index contributed by atoms with van der Waals surface area (Å²) in [6.07, 6.45) is 15.7. The molecular weight excluding hydrogens is 234 g/mol. The van der Waals surface area contributed by atoms with Gasteiger partial charge in [-0.3, -0.25) is 0 Å². The van der Waals surface area contributed by atoms with Gasteiger partial charge < -0.3 is 10.1 Å². The minimum Gasteiger partial charge on any atom is -0.372 e. The molecule has 1 aliphatic heterocycles. The van der Waals surface area contributed by atoms with E-state index in [1.54, 1.807) is 0 Å². The van der Waals surface area contributed by atoms with Crippen molar-refractivity contribution >= 4 is 0 Å².